The SMILES string of the molecule is CC(=O)Nc1cc(CN2C(=O)c3ccc(Cl)cc3CC(=O)[C@H]2Cc2ccccn2)ccc1C(=O)O.COC(=O)c1ccc(CN2C(=O)c3ccc(Cl)cc3CC(=O)[C@H]2Cc2ccccn2)cc1NC(C)=O. The summed E-state index contributed by atoms with van der Waals surface area (Å²) in [6, 6.07) is 28.2. The van der Waals surface area contributed by atoms with E-state index in [0.717, 1.165) is 0 Å². The van der Waals surface area contributed by atoms with Crippen molar-refractivity contribution in [3.05, 3.63) is 188 Å². The van der Waals surface area contributed by atoms with Gasteiger partial charge in [-0.2, -0.15) is 0 Å². The Bertz CT molecular complexity index is 3080. The molecule has 0 spiro atoms. The zero-order valence-electron chi connectivity index (χ0n) is 38.6. The molecule has 0 aliphatic carbocycles. The number of nitrogens with zero attached hydrogens (tertiary/aromatic N) is 4. The number of aromatic carboxylic acids is 1. The predicted molar refractivity (Wildman–Crippen MR) is 263 cm³/mol. The molecule has 0 saturated heterocycles. The first-order valence-electron chi connectivity index (χ1n) is 22.2. The highest BCUT2D eigenvalue weighted by atomic mass is 35.5. The molecule has 18 heteroatoms. The van der Waals surface area contributed by atoms with Crippen molar-refractivity contribution >= 4 is 81.7 Å². The molecule has 0 bridgehead atoms. The van der Waals surface area contributed by atoms with Gasteiger partial charge in [-0.15, -0.1) is 0 Å². The first kappa shape index (κ1) is 50.8. The smallest absolute Gasteiger partial charge is 0.339 e. The number of nitrogens with one attached hydrogen (secondary N) is 2. The van der Waals surface area contributed by atoms with Crippen LogP contribution in [0.25, 0.3) is 0 Å². The minimum absolute atomic E-state index is 0.0244. The molecule has 2 aliphatic heterocycles. The number of methoxy groups -OCH3 is 1. The van der Waals surface area contributed by atoms with Crippen molar-refractivity contribution in [1.82, 2.24) is 19.8 Å². The molecule has 4 aromatic carbocycles. The van der Waals surface area contributed by atoms with Crippen LogP contribution in [0.4, 0.5) is 11.4 Å². The highest BCUT2D eigenvalue weighted by Crippen LogP contribution is 2.30. The van der Waals surface area contributed by atoms with E-state index in [1.165, 1.54) is 49.0 Å². The van der Waals surface area contributed by atoms with Gasteiger partial charge in [0.1, 0.15) is 0 Å². The van der Waals surface area contributed by atoms with Crippen LogP contribution >= 0.6 is 23.2 Å². The van der Waals surface area contributed by atoms with Crippen molar-refractivity contribution in [1.29, 1.82) is 0 Å². The number of halogens is 2. The Kier molecular flexibility index (Phi) is 16.1. The number of anilines is 2. The van der Waals surface area contributed by atoms with Gasteiger partial charge in [0, 0.05) is 97.6 Å². The third kappa shape index (κ3) is 12.4. The minimum atomic E-state index is -1.19. The number of amides is 4. The number of benzene rings is 4. The Morgan fingerprint density at radius 2 is 1.06 bits per heavy atom. The van der Waals surface area contributed by atoms with Gasteiger partial charge in [-0.05, 0) is 107 Å². The van der Waals surface area contributed by atoms with Gasteiger partial charge in [0.2, 0.25) is 11.8 Å². The molecular formula is C53H46Cl2N6O10. The van der Waals surface area contributed by atoms with Crippen LogP contribution in [0.15, 0.2) is 122 Å². The van der Waals surface area contributed by atoms with Gasteiger partial charge in [0.25, 0.3) is 11.8 Å². The zero-order chi connectivity index (χ0) is 50.9. The molecule has 0 radical (unpaired) electrons. The van der Waals surface area contributed by atoms with Gasteiger partial charge in [-0.3, -0.25) is 38.7 Å². The van der Waals surface area contributed by atoms with Gasteiger partial charge < -0.3 is 30.3 Å². The van der Waals surface area contributed by atoms with E-state index in [9.17, 15) is 43.5 Å². The van der Waals surface area contributed by atoms with Crippen molar-refractivity contribution in [2.45, 2.75) is 64.7 Å². The molecular weight excluding hydrogens is 952 g/mol. The van der Waals surface area contributed by atoms with E-state index < -0.39 is 29.9 Å². The number of aromatic nitrogens is 2. The number of pyridine rings is 2. The van der Waals surface area contributed by atoms with Crippen LogP contribution in [-0.2, 0) is 62.7 Å². The van der Waals surface area contributed by atoms with E-state index in [4.69, 9.17) is 27.9 Å². The first-order chi connectivity index (χ1) is 34.0. The molecule has 71 heavy (non-hydrogen) atoms. The van der Waals surface area contributed by atoms with Crippen molar-refractivity contribution in [3.63, 3.8) is 0 Å². The van der Waals surface area contributed by atoms with E-state index in [2.05, 4.69) is 20.6 Å². The molecule has 2 aliphatic rings. The number of hydrogen-bond acceptors (Lipinski definition) is 11. The molecule has 362 valence electrons. The lowest BCUT2D eigenvalue weighted by atomic mass is 9.99. The van der Waals surface area contributed by atoms with Crippen molar-refractivity contribution < 1.29 is 48.2 Å². The predicted octanol–water partition coefficient (Wildman–Crippen LogP) is 7.63. The number of esters is 1. The lowest BCUT2D eigenvalue weighted by molar-refractivity contribution is -0.123. The lowest BCUT2D eigenvalue weighted by Gasteiger charge is -2.29. The number of ketones is 2. The maximum Gasteiger partial charge on any atom is 0.339 e. The molecule has 6 aromatic rings. The van der Waals surface area contributed by atoms with Crippen LogP contribution in [0.1, 0.15) is 88.9 Å². The Labute approximate surface area is 418 Å². The molecule has 2 aromatic heterocycles. The molecule has 8 rings (SSSR count). The summed E-state index contributed by atoms with van der Waals surface area (Å²) in [4.78, 5) is 113. The van der Waals surface area contributed by atoms with Crippen molar-refractivity contribution in [3.8, 4) is 0 Å². The largest absolute Gasteiger partial charge is 0.478 e. The molecule has 4 amide bonds. The molecule has 3 N–H and O–H groups in total. The summed E-state index contributed by atoms with van der Waals surface area (Å²) in [5, 5.41) is 15.5. The van der Waals surface area contributed by atoms with E-state index in [1.54, 1.807) is 85.2 Å². The van der Waals surface area contributed by atoms with Crippen LogP contribution in [-0.4, -0.2) is 91.2 Å². The number of carbonyl (C=O) groups is 8. The second-order valence-electron chi connectivity index (χ2n) is 16.8. The van der Waals surface area contributed by atoms with Crippen LogP contribution in [0, 0.1) is 0 Å². The standard InChI is InChI=1S/C27H24ClN3O5.C26H22ClN3O5/c1-16(32)30-23-11-17(6-8-22(23)27(35)36-2)15-31-24(14-20-5-3-4-10-29-20)25(33)13-18-12-19(28)7-9-21(18)26(31)34;1-15(31)29-22-10-16(5-7-21(22)26(34)35)14-30-23(13-19-4-2-3-9-28-19)24(32)12-17-11-18(27)6-8-20(17)25(30)33/h3-12,24H,13-15H2,1-2H3,(H,30,32);2-11,23H,12-14H2,1H3,(H,29,31)(H,34,35)/t24-;23-/m11/s1. The Balaban J connectivity index is 0.000000209. The zero-order valence-corrected chi connectivity index (χ0v) is 40.1. The summed E-state index contributed by atoms with van der Waals surface area (Å²) < 4.78 is 4.81. The Morgan fingerprint density at radius 3 is 1.45 bits per heavy atom. The van der Waals surface area contributed by atoms with Gasteiger partial charge in [0.15, 0.2) is 11.6 Å². The maximum atomic E-state index is 13.7. The highest BCUT2D eigenvalue weighted by molar-refractivity contribution is 6.31. The number of carboxylic acids is 1. The first-order valence-corrected chi connectivity index (χ1v) is 22.9. The summed E-state index contributed by atoms with van der Waals surface area (Å²) in [6.07, 6.45) is 3.84. The molecule has 4 heterocycles. The van der Waals surface area contributed by atoms with Gasteiger partial charge >= 0.3 is 11.9 Å². The van der Waals surface area contributed by atoms with Crippen LogP contribution in [0.2, 0.25) is 10.0 Å². The van der Waals surface area contributed by atoms with Crippen molar-refractivity contribution in [2.24, 2.45) is 0 Å². The second kappa shape index (κ2) is 22.6. The van der Waals surface area contributed by atoms with Crippen LogP contribution in [0.3, 0.4) is 0 Å². The van der Waals surface area contributed by atoms with Gasteiger partial charge in [0.05, 0.1) is 41.7 Å². The topological polar surface area (TPSA) is 222 Å². The fourth-order valence-corrected chi connectivity index (χ4v) is 8.85. The van der Waals surface area contributed by atoms with Crippen LogP contribution in [0.5, 0.6) is 0 Å². The lowest BCUT2D eigenvalue weighted by Crippen LogP contribution is -2.45. The molecule has 0 saturated carbocycles. The Hall–Kier alpha value is -8.08. The van der Waals surface area contributed by atoms with Gasteiger partial charge in [-0.25, -0.2) is 9.59 Å². The second-order valence-corrected chi connectivity index (χ2v) is 17.6. The van der Waals surface area contributed by atoms with E-state index in [0.29, 0.717) is 54.8 Å². The fraction of sp³-hybridized carbons (Fsp3) is 0.208. The number of fused-ring (bicyclic) bond motifs is 2. The summed E-state index contributed by atoms with van der Waals surface area (Å²) in [6.45, 7) is 2.70. The summed E-state index contributed by atoms with van der Waals surface area (Å²) in [5.41, 5.74) is 4.92. The molecule has 2 atom stereocenters. The van der Waals surface area contributed by atoms with E-state index in [1.807, 2.05) is 18.2 Å². The monoisotopic (exact) mass is 996 g/mol. The van der Waals surface area contributed by atoms with Crippen molar-refractivity contribution in [2.75, 3.05) is 17.7 Å². The fourth-order valence-electron chi connectivity index (χ4n) is 8.47. The number of Topliss-reactive ketones (excluding diaryl/α,β-unsaturated/α-hetero) is 2. The maximum absolute atomic E-state index is 13.7. The number of rotatable bonds is 12. The minimum Gasteiger partial charge on any atom is -0.478 e. The summed E-state index contributed by atoms with van der Waals surface area (Å²) >= 11 is 12.3. The number of hydrogen-bond donors (Lipinski definition) is 3. The Morgan fingerprint density at radius 1 is 0.620 bits per heavy atom. The van der Waals surface area contributed by atoms with E-state index in [-0.39, 0.29) is 90.6 Å². The molecule has 0 unspecified atom stereocenters. The van der Waals surface area contributed by atoms with Gasteiger partial charge in [-0.1, -0.05) is 47.5 Å². The number of carbonyl (C=O) groups excluding carboxylic acids is 7. The highest BCUT2D eigenvalue weighted by Gasteiger charge is 2.37. The molecule has 0 fully saturated rings. The molecule has 16 nitrogen and oxygen atoms in total. The quantitative estimate of drug-likeness (QED) is 0.101. The summed E-state index contributed by atoms with van der Waals surface area (Å²) in [5.74, 6) is -3.54. The van der Waals surface area contributed by atoms with E-state index >= 15 is 0 Å². The average molecular weight is 998 g/mol. The normalized spacial score (nSPS) is 15.3. The number of ether oxygens (including phenoxy) is 1. The summed E-state index contributed by atoms with van der Waals surface area (Å²) in [7, 11) is 1.25. The third-order valence-electron chi connectivity index (χ3n) is 11.7. The number of carboxylic acid groups (broad SMARTS) is 1. The third-order valence-corrected chi connectivity index (χ3v) is 12.2. The average Bonchev–Trinajstić information content (AvgIpc) is 3.48. The van der Waals surface area contributed by atoms with Crippen LogP contribution < -0.4 is 10.6 Å².